The van der Waals surface area contributed by atoms with Crippen LogP contribution in [0.25, 0.3) is 0 Å². The molecule has 0 unspecified atom stereocenters. The van der Waals surface area contributed by atoms with Gasteiger partial charge in [-0.25, -0.2) is 17.5 Å². The molecule has 1 aromatic carbocycles. The molecular weight excluding hydrogens is 307 g/mol. The average Bonchev–Trinajstić information content (AvgIpc) is 3.29. The third-order valence-corrected chi connectivity index (χ3v) is 4.99. The van der Waals surface area contributed by atoms with E-state index in [4.69, 9.17) is 10.5 Å². The van der Waals surface area contributed by atoms with Crippen molar-refractivity contribution in [3.05, 3.63) is 29.6 Å². The third kappa shape index (κ3) is 5.90. The van der Waals surface area contributed by atoms with Crippen LogP contribution in [0, 0.1) is 11.7 Å². The lowest BCUT2D eigenvalue weighted by Crippen LogP contribution is -2.29. The van der Waals surface area contributed by atoms with Gasteiger partial charge in [0.2, 0.25) is 10.0 Å². The van der Waals surface area contributed by atoms with Crippen molar-refractivity contribution in [2.45, 2.75) is 25.7 Å². The van der Waals surface area contributed by atoms with Gasteiger partial charge >= 0.3 is 0 Å². The van der Waals surface area contributed by atoms with E-state index in [1.54, 1.807) is 12.1 Å². The molecule has 0 radical (unpaired) electrons. The van der Waals surface area contributed by atoms with Gasteiger partial charge in [0.1, 0.15) is 0 Å². The number of nitrogens with one attached hydrogen (secondary N) is 1. The molecule has 0 aromatic heterocycles. The van der Waals surface area contributed by atoms with Crippen LogP contribution in [0.3, 0.4) is 0 Å². The minimum absolute atomic E-state index is 0.0304. The van der Waals surface area contributed by atoms with Gasteiger partial charge in [-0.15, -0.1) is 0 Å². The smallest absolute Gasteiger partial charge is 0.211 e. The third-order valence-electron chi connectivity index (χ3n) is 3.52. The summed E-state index contributed by atoms with van der Waals surface area (Å²) in [5.74, 6) is 0.448. The van der Waals surface area contributed by atoms with E-state index in [1.165, 1.54) is 6.07 Å². The summed E-state index contributed by atoms with van der Waals surface area (Å²) in [5, 5.41) is 0. The predicted molar refractivity (Wildman–Crippen MR) is 83.8 cm³/mol. The summed E-state index contributed by atoms with van der Waals surface area (Å²) in [5.41, 5.74) is 6.14. The van der Waals surface area contributed by atoms with E-state index in [1.807, 2.05) is 0 Å². The summed E-state index contributed by atoms with van der Waals surface area (Å²) in [6.45, 7) is 1.17. The molecule has 0 spiro atoms. The lowest BCUT2D eigenvalue weighted by molar-refractivity contribution is 0.285. The summed E-state index contributed by atoms with van der Waals surface area (Å²) >= 11 is 0. The standard InChI is InChI=1S/C15H23FN2O3S/c16-14-5-4-12(10-15(14)21-11-13-2-3-13)6-8-18-22(19,20)9-1-7-17/h4-5,10,13,18H,1-3,6-9,11,17H2. The summed E-state index contributed by atoms with van der Waals surface area (Å²) in [7, 11) is -3.28. The van der Waals surface area contributed by atoms with Crippen molar-refractivity contribution in [2.75, 3.05) is 25.4 Å². The van der Waals surface area contributed by atoms with Gasteiger partial charge in [-0.1, -0.05) is 6.07 Å². The van der Waals surface area contributed by atoms with E-state index in [0.29, 0.717) is 31.9 Å². The average molecular weight is 330 g/mol. The molecule has 0 heterocycles. The molecule has 22 heavy (non-hydrogen) atoms. The van der Waals surface area contributed by atoms with Gasteiger partial charge in [-0.05, 0) is 55.8 Å². The Balaban J connectivity index is 1.82. The highest BCUT2D eigenvalue weighted by atomic mass is 32.2. The van der Waals surface area contributed by atoms with Crippen LogP contribution < -0.4 is 15.2 Å². The quantitative estimate of drug-likeness (QED) is 0.680. The highest BCUT2D eigenvalue weighted by Gasteiger charge is 2.22. The number of hydrogen-bond acceptors (Lipinski definition) is 4. The Kier molecular flexibility index (Phi) is 6.16. The van der Waals surface area contributed by atoms with Crippen molar-refractivity contribution in [3.8, 4) is 5.75 Å². The molecule has 7 heteroatoms. The Labute approximate surface area is 131 Å². The van der Waals surface area contributed by atoms with Crippen LogP contribution in [0.4, 0.5) is 4.39 Å². The fourth-order valence-electron chi connectivity index (χ4n) is 2.00. The topological polar surface area (TPSA) is 81.4 Å². The Bertz CT molecular complexity index is 588. The molecule has 1 saturated carbocycles. The van der Waals surface area contributed by atoms with Gasteiger partial charge in [-0.3, -0.25) is 0 Å². The molecule has 0 aliphatic heterocycles. The first-order valence-electron chi connectivity index (χ1n) is 7.59. The molecule has 1 aromatic rings. The SMILES string of the molecule is NCCCS(=O)(=O)NCCc1ccc(F)c(OCC2CC2)c1. The molecule has 0 saturated heterocycles. The number of rotatable bonds is 10. The van der Waals surface area contributed by atoms with Crippen molar-refractivity contribution in [1.29, 1.82) is 0 Å². The number of nitrogens with two attached hydrogens (primary N) is 1. The van der Waals surface area contributed by atoms with Crippen LogP contribution in [0.2, 0.25) is 0 Å². The zero-order chi connectivity index (χ0) is 16.0. The lowest BCUT2D eigenvalue weighted by Gasteiger charge is -2.10. The maximum absolute atomic E-state index is 13.6. The molecule has 1 aliphatic carbocycles. The summed E-state index contributed by atoms with van der Waals surface area (Å²) in [6.07, 6.45) is 3.21. The van der Waals surface area contributed by atoms with Crippen molar-refractivity contribution < 1.29 is 17.5 Å². The fourth-order valence-corrected chi connectivity index (χ4v) is 3.11. The Hall–Kier alpha value is -1.18. The van der Waals surface area contributed by atoms with E-state index >= 15 is 0 Å². The second-order valence-corrected chi connectivity index (χ2v) is 7.55. The molecule has 1 aliphatic rings. The van der Waals surface area contributed by atoms with Crippen molar-refractivity contribution >= 4 is 10.0 Å². The normalized spacial score (nSPS) is 15.0. The van der Waals surface area contributed by atoms with Crippen LogP contribution in [-0.2, 0) is 16.4 Å². The number of hydrogen-bond donors (Lipinski definition) is 2. The molecular formula is C15H23FN2O3S. The first-order valence-corrected chi connectivity index (χ1v) is 9.24. The maximum atomic E-state index is 13.6. The number of sulfonamides is 1. The Morgan fingerprint density at radius 1 is 1.36 bits per heavy atom. The fraction of sp³-hybridized carbons (Fsp3) is 0.600. The van der Waals surface area contributed by atoms with E-state index in [0.717, 1.165) is 18.4 Å². The van der Waals surface area contributed by atoms with Crippen LogP contribution >= 0.6 is 0 Å². The Morgan fingerprint density at radius 2 is 2.14 bits per heavy atom. The molecule has 5 nitrogen and oxygen atoms in total. The monoisotopic (exact) mass is 330 g/mol. The van der Waals surface area contributed by atoms with Crippen LogP contribution in [0.1, 0.15) is 24.8 Å². The van der Waals surface area contributed by atoms with Crippen LogP contribution in [0.15, 0.2) is 18.2 Å². The van der Waals surface area contributed by atoms with Gasteiger partial charge < -0.3 is 10.5 Å². The van der Waals surface area contributed by atoms with Crippen molar-refractivity contribution in [1.82, 2.24) is 4.72 Å². The van der Waals surface area contributed by atoms with E-state index in [-0.39, 0.29) is 23.9 Å². The van der Waals surface area contributed by atoms with E-state index in [9.17, 15) is 12.8 Å². The van der Waals surface area contributed by atoms with Gasteiger partial charge in [0.15, 0.2) is 11.6 Å². The second-order valence-electron chi connectivity index (χ2n) is 5.62. The van der Waals surface area contributed by atoms with Gasteiger partial charge in [-0.2, -0.15) is 0 Å². The van der Waals surface area contributed by atoms with E-state index in [2.05, 4.69) is 4.72 Å². The molecule has 0 bridgehead atoms. The maximum Gasteiger partial charge on any atom is 0.211 e. The zero-order valence-electron chi connectivity index (χ0n) is 12.6. The predicted octanol–water partition coefficient (Wildman–Crippen LogP) is 1.43. The molecule has 3 N–H and O–H groups in total. The minimum atomic E-state index is -3.28. The first-order chi connectivity index (χ1) is 10.5. The van der Waals surface area contributed by atoms with Crippen molar-refractivity contribution in [3.63, 3.8) is 0 Å². The molecule has 1 fully saturated rings. The number of halogens is 1. The minimum Gasteiger partial charge on any atom is -0.490 e. The summed E-state index contributed by atoms with van der Waals surface area (Å²) in [6, 6.07) is 4.65. The van der Waals surface area contributed by atoms with Gasteiger partial charge in [0, 0.05) is 6.54 Å². The largest absolute Gasteiger partial charge is 0.490 e. The molecule has 0 atom stereocenters. The highest BCUT2D eigenvalue weighted by molar-refractivity contribution is 7.89. The van der Waals surface area contributed by atoms with Gasteiger partial charge in [0.25, 0.3) is 0 Å². The zero-order valence-corrected chi connectivity index (χ0v) is 13.4. The molecule has 2 rings (SSSR count). The Morgan fingerprint density at radius 3 is 2.82 bits per heavy atom. The first kappa shape index (κ1) is 17.2. The summed E-state index contributed by atoms with van der Waals surface area (Å²) in [4.78, 5) is 0. The lowest BCUT2D eigenvalue weighted by atomic mass is 10.1. The second kappa shape index (κ2) is 7.89. The van der Waals surface area contributed by atoms with Gasteiger partial charge in [0.05, 0.1) is 12.4 Å². The number of benzene rings is 1. The van der Waals surface area contributed by atoms with E-state index < -0.39 is 10.0 Å². The molecule has 124 valence electrons. The number of ether oxygens (including phenoxy) is 1. The molecule has 0 amide bonds. The van der Waals surface area contributed by atoms with Crippen LogP contribution in [-0.4, -0.2) is 33.9 Å². The highest BCUT2D eigenvalue weighted by Crippen LogP contribution is 2.30. The van der Waals surface area contributed by atoms with Crippen LogP contribution in [0.5, 0.6) is 5.75 Å². The van der Waals surface area contributed by atoms with Crippen molar-refractivity contribution in [2.24, 2.45) is 11.7 Å². The summed E-state index contributed by atoms with van der Waals surface area (Å²) < 4.78 is 44.9.